The van der Waals surface area contributed by atoms with E-state index in [9.17, 15) is 4.79 Å². The van der Waals surface area contributed by atoms with Gasteiger partial charge in [0.1, 0.15) is 0 Å². The van der Waals surface area contributed by atoms with Gasteiger partial charge >= 0.3 is 0 Å². The van der Waals surface area contributed by atoms with Gasteiger partial charge in [0.2, 0.25) is 0 Å². The van der Waals surface area contributed by atoms with Crippen molar-refractivity contribution >= 4 is 5.91 Å². The summed E-state index contributed by atoms with van der Waals surface area (Å²) in [4.78, 5) is 14.8. The molecule has 0 saturated heterocycles. The lowest BCUT2D eigenvalue weighted by atomic mass is 10.1. The van der Waals surface area contributed by atoms with Crippen molar-refractivity contribution in [2.45, 2.75) is 26.9 Å². The van der Waals surface area contributed by atoms with E-state index in [1.54, 1.807) is 15.7 Å². The van der Waals surface area contributed by atoms with Crippen LogP contribution in [-0.2, 0) is 13.1 Å². The van der Waals surface area contributed by atoms with E-state index in [0.717, 1.165) is 16.8 Å². The third kappa shape index (κ3) is 4.50. The van der Waals surface area contributed by atoms with Gasteiger partial charge in [0.05, 0.1) is 12.2 Å². The molecule has 0 aliphatic heterocycles. The quantitative estimate of drug-likeness (QED) is 0.603. The molecule has 1 aromatic heterocycles. The predicted octanol–water partition coefficient (Wildman–Crippen LogP) is 3.77. The van der Waals surface area contributed by atoms with Crippen LogP contribution in [0.4, 0.5) is 0 Å². The van der Waals surface area contributed by atoms with E-state index in [0.29, 0.717) is 25.3 Å². The number of nitrogens with zero attached hydrogens (tertiary/aromatic N) is 4. The monoisotopic (exact) mass is 360 g/mol. The molecule has 0 aliphatic carbocycles. The van der Waals surface area contributed by atoms with E-state index in [4.69, 9.17) is 0 Å². The summed E-state index contributed by atoms with van der Waals surface area (Å²) < 4.78 is 1.76. The molecule has 0 unspecified atom stereocenters. The maximum atomic E-state index is 13.1. The molecule has 3 aromatic rings. The molecule has 1 heterocycles. The molecule has 1 amide bonds. The first-order valence-electron chi connectivity index (χ1n) is 8.98. The molecular formula is C22H24N4O. The van der Waals surface area contributed by atoms with Gasteiger partial charge in [-0.1, -0.05) is 71.5 Å². The topological polar surface area (TPSA) is 51.0 Å². The Kier molecular flexibility index (Phi) is 5.81. The maximum absolute atomic E-state index is 13.1. The molecule has 0 aliphatic rings. The Morgan fingerprint density at radius 1 is 1.07 bits per heavy atom. The van der Waals surface area contributed by atoms with Crippen molar-refractivity contribution in [1.29, 1.82) is 0 Å². The van der Waals surface area contributed by atoms with Crippen LogP contribution in [0, 0.1) is 13.8 Å². The molecule has 0 N–H and O–H groups in total. The van der Waals surface area contributed by atoms with Crippen LogP contribution in [0.25, 0.3) is 0 Å². The predicted molar refractivity (Wildman–Crippen MR) is 106 cm³/mol. The summed E-state index contributed by atoms with van der Waals surface area (Å²) in [5, 5.41) is 8.34. The van der Waals surface area contributed by atoms with Crippen molar-refractivity contribution in [3.63, 3.8) is 0 Å². The van der Waals surface area contributed by atoms with E-state index in [1.807, 2.05) is 68.4 Å². The fraction of sp³-hybridized carbons (Fsp3) is 0.227. The van der Waals surface area contributed by atoms with Crippen LogP contribution in [0.3, 0.4) is 0 Å². The van der Waals surface area contributed by atoms with Crippen LogP contribution in [0.5, 0.6) is 0 Å². The van der Waals surface area contributed by atoms with E-state index >= 15 is 0 Å². The van der Waals surface area contributed by atoms with Gasteiger partial charge in [-0.2, -0.15) is 0 Å². The smallest absolute Gasteiger partial charge is 0.276 e. The van der Waals surface area contributed by atoms with Gasteiger partial charge in [0, 0.05) is 13.1 Å². The number of hydrogen-bond donors (Lipinski definition) is 0. The van der Waals surface area contributed by atoms with Crippen molar-refractivity contribution in [2.24, 2.45) is 0 Å². The van der Waals surface area contributed by atoms with Crippen molar-refractivity contribution < 1.29 is 4.79 Å². The molecule has 138 valence electrons. The van der Waals surface area contributed by atoms with Crippen LogP contribution in [0.2, 0.25) is 0 Å². The Labute approximate surface area is 159 Å². The van der Waals surface area contributed by atoms with Crippen molar-refractivity contribution in [2.75, 3.05) is 6.54 Å². The first-order chi connectivity index (χ1) is 13.1. The molecule has 0 spiro atoms. The summed E-state index contributed by atoms with van der Waals surface area (Å²) in [6.07, 6.45) is 1.73. The molecule has 0 radical (unpaired) electrons. The van der Waals surface area contributed by atoms with Gasteiger partial charge in [-0.3, -0.25) is 4.79 Å². The highest BCUT2D eigenvalue weighted by atomic mass is 16.2. The lowest BCUT2D eigenvalue weighted by molar-refractivity contribution is 0.0756. The molecule has 27 heavy (non-hydrogen) atoms. The Morgan fingerprint density at radius 2 is 1.78 bits per heavy atom. The molecular weight excluding hydrogens is 336 g/mol. The fourth-order valence-electron chi connectivity index (χ4n) is 2.90. The molecule has 0 fully saturated rings. The Morgan fingerprint density at radius 3 is 2.44 bits per heavy atom. The van der Waals surface area contributed by atoms with Crippen LogP contribution < -0.4 is 0 Å². The molecule has 5 nitrogen and oxygen atoms in total. The normalized spacial score (nSPS) is 10.6. The Balaban J connectivity index is 1.79. The van der Waals surface area contributed by atoms with Gasteiger partial charge < -0.3 is 4.90 Å². The molecule has 3 rings (SSSR count). The summed E-state index contributed by atoms with van der Waals surface area (Å²) in [5.74, 6) is -0.132. The average molecular weight is 360 g/mol. The minimum absolute atomic E-state index is 0.132. The van der Waals surface area contributed by atoms with Gasteiger partial charge in [0.15, 0.2) is 5.69 Å². The van der Waals surface area contributed by atoms with Gasteiger partial charge in [-0.05, 0) is 25.0 Å². The van der Waals surface area contributed by atoms with Crippen LogP contribution in [0.15, 0.2) is 67.3 Å². The van der Waals surface area contributed by atoms with Crippen LogP contribution >= 0.6 is 0 Å². The highest BCUT2D eigenvalue weighted by Gasteiger charge is 2.22. The Hall–Kier alpha value is -3.21. The largest absolute Gasteiger partial charge is 0.329 e. The van der Waals surface area contributed by atoms with E-state index in [-0.39, 0.29) is 5.91 Å². The average Bonchev–Trinajstić information content (AvgIpc) is 3.04. The lowest BCUT2D eigenvalue weighted by Gasteiger charge is -2.20. The summed E-state index contributed by atoms with van der Waals surface area (Å²) in [7, 11) is 0. The van der Waals surface area contributed by atoms with Crippen molar-refractivity contribution in [3.05, 3.63) is 95.3 Å². The third-order valence-electron chi connectivity index (χ3n) is 4.49. The minimum atomic E-state index is -0.132. The second kappa shape index (κ2) is 8.45. The molecule has 5 heteroatoms. The molecule has 0 bridgehead atoms. The zero-order chi connectivity index (χ0) is 19.2. The first kappa shape index (κ1) is 18.6. The van der Waals surface area contributed by atoms with Gasteiger partial charge in [-0.15, -0.1) is 11.7 Å². The molecule has 0 atom stereocenters. The van der Waals surface area contributed by atoms with E-state index < -0.39 is 0 Å². The van der Waals surface area contributed by atoms with Crippen molar-refractivity contribution in [3.8, 4) is 0 Å². The molecule has 0 saturated carbocycles. The second-order valence-corrected chi connectivity index (χ2v) is 6.63. The van der Waals surface area contributed by atoms with Gasteiger partial charge in [-0.25, -0.2) is 4.68 Å². The van der Waals surface area contributed by atoms with Crippen LogP contribution in [-0.4, -0.2) is 32.3 Å². The first-order valence-corrected chi connectivity index (χ1v) is 8.98. The SMILES string of the molecule is C=CCN(Cc1ccc(C)cc1)C(=O)c1nnn(Cc2ccccc2)c1C. The molecule has 2 aromatic carbocycles. The Bertz CT molecular complexity index is 913. The van der Waals surface area contributed by atoms with E-state index in [2.05, 4.69) is 16.9 Å². The van der Waals surface area contributed by atoms with E-state index in [1.165, 1.54) is 5.56 Å². The number of amides is 1. The van der Waals surface area contributed by atoms with Gasteiger partial charge in [0.25, 0.3) is 5.91 Å². The number of benzene rings is 2. The maximum Gasteiger partial charge on any atom is 0.276 e. The number of carbonyl (C=O) groups excluding carboxylic acids is 1. The number of rotatable bonds is 7. The number of aryl methyl sites for hydroxylation is 1. The minimum Gasteiger partial charge on any atom is -0.329 e. The number of hydrogen-bond acceptors (Lipinski definition) is 3. The summed E-state index contributed by atoms with van der Waals surface area (Å²) in [6, 6.07) is 18.2. The van der Waals surface area contributed by atoms with Crippen molar-refractivity contribution in [1.82, 2.24) is 19.9 Å². The number of aromatic nitrogens is 3. The zero-order valence-electron chi connectivity index (χ0n) is 15.8. The zero-order valence-corrected chi connectivity index (χ0v) is 15.8. The highest BCUT2D eigenvalue weighted by molar-refractivity contribution is 5.93. The lowest BCUT2D eigenvalue weighted by Crippen LogP contribution is -2.31. The second-order valence-electron chi connectivity index (χ2n) is 6.63. The van der Waals surface area contributed by atoms with Crippen LogP contribution in [0.1, 0.15) is 32.9 Å². The summed E-state index contributed by atoms with van der Waals surface area (Å²) >= 11 is 0. The third-order valence-corrected chi connectivity index (χ3v) is 4.49. The summed E-state index contributed by atoms with van der Waals surface area (Å²) in [5.41, 5.74) is 4.54. The standard InChI is InChI=1S/C22H24N4O/c1-4-14-25(15-20-12-10-17(2)11-13-20)22(27)21-18(3)26(24-23-21)16-19-8-6-5-7-9-19/h4-13H,1,14-16H2,2-3H3. The highest BCUT2D eigenvalue weighted by Crippen LogP contribution is 2.14. The fourth-order valence-corrected chi connectivity index (χ4v) is 2.90. The number of carbonyl (C=O) groups is 1. The summed E-state index contributed by atoms with van der Waals surface area (Å²) in [6.45, 7) is 9.27.